The highest BCUT2D eigenvalue weighted by atomic mass is 32.1. The van der Waals surface area contributed by atoms with E-state index in [1.807, 2.05) is 0 Å². The Morgan fingerprint density at radius 2 is 1.90 bits per heavy atom. The van der Waals surface area contributed by atoms with Crippen LogP contribution in [0.1, 0.15) is 48.2 Å². The Hall–Kier alpha value is -1.19. The Balaban J connectivity index is 1.95. The zero-order valence-corrected chi connectivity index (χ0v) is 13.1. The fourth-order valence-electron chi connectivity index (χ4n) is 3.03. The Morgan fingerprint density at radius 1 is 1.15 bits per heavy atom. The molecular weight excluding hydrogens is 264 g/mol. The minimum atomic E-state index is -0.182. The molecule has 1 aromatic heterocycles. The van der Waals surface area contributed by atoms with Crippen molar-refractivity contribution in [3.05, 3.63) is 39.7 Å². The largest absolute Gasteiger partial charge is 0.319 e. The topological polar surface area (TPSA) is 38.9 Å². The molecule has 0 radical (unpaired) electrons. The predicted octanol–water partition coefficient (Wildman–Crippen LogP) is 4.55. The maximum absolute atomic E-state index is 6.59. The molecule has 1 fully saturated rings. The minimum Gasteiger partial charge on any atom is -0.319 e. The Kier molecular flexibility index (Phi) is 3.65. The first-order valence-corrected chi connectivity index (χ1v) is 8.29. The molecule has 3 rings (SSSR count). The van der Waals surface area contributed by atoms with Crippen LogP contribution in [-0.4, -0.2) is 4.98 Å². The van der Waals surface area contributed by atoms with Gasteiger partial charge in [0.15, 0.2) is 0 Å². The summed E-state index contributed by atoms with van der Waals surface area (Å²) < 4.78 is 0. The quantitative estimate of drug-likeness (QED) is 0.880. The van der Waals surface area contributed by atoms with E-state index in [9.17, 15) is 0 Å². The number of hydrogen-bond donors (Lipinski definition) is 1. The number of nitrogens with zero attached hydrogens (tertiary/aromatic N) is 1. The first-order valence-electron chi connectivity index (χ1n) is 7.41. The van der Waals surface area contributed by atoms with Crippen LogP contribution in [0.25, 0.3) is 11.3 Å². The lowest BCUT2D eigenvalue weighted by atomic mass is 9.83. The first-order chi connectivity index (χ1) is 9.58. The van der Waals surface area contributed by atoms with E-state index in [-0.39, 0.29) is 5.54 Å². The van der Waals surface area contributed by atoms with Crippen LogP contribution in [0.15, 0.2) is 23.6 Å². The van der Waals surface area contributed by atoms with Crippen LogP contribution in [0.3, 0.4) is 0 Å². The molecule has 0 amide bonds. The lowest BCUT2D eigenvalue weighted by Crippen LogP contribution is -2.38. The van der Waals surface area contributed by atoms with E-state index in [0.717, 1.165) is 23.5 Å². The predicted molar refractivity (Wildman–Crippen MR) is 86.0 cm³/mol. The summed E-state index contributed by atoms with van der Waals surface area (Å²) in [6.07, 6.45) is 5.93. The van der Waals surface area contributed by atoms with Crippen LogP contribution in [0, 0.1) is 13.8 Å². The van der Waals surface area contributed by atoms with E-state index in [1.165, 1.54) is 36.0 Å². The molecule has 0 aliphatic heterocycles. The SMILES string of the molecule is Cc1ccc(C)c(-c2csc(C3(N)CCCCC3)n2)c1. The Morgan fingerprint density at radius 3 is 2.65 bits per heavy atom. The van der Waals surface area contributed by atoms with Crippen molar-refractivity contribution < 1.29 is 0 Å². The molecule has 2 aromatic rings. The third-order valence-corrected chi connectivity index (χ3v) is 5.41. The average Bonchev–Trinajstić information content (AvgIpc) is 2.93. The third kappa shape index (κ3) is 2.52. The van der Waals surface area contributed by atoms with Crippen molar-refractivity contribution in [2.75, 3.05) is 0 Å². The smallest absolute Gasteiger partial charge is 0.113 e. The standard InChI is InChI=1S/C17H22N2S/c1-12-6-7-13(2)14(10-12)15-11-20-16(19-15)17(18)8-4-3-5-9-17/h6-7,10-11H,3-5,8-9,18H2,1-2H3. The molecule has 106 valence electrons. The highest BCUT2D eigenvalue weighted by Gasteiger charge is 2.32. The molecule has 2 N–H and O–H groups in total. The summed E-state index contributed by atoms with van der Waals surface area (Å²) in [5, 5.41) is 3.29. The van der Waals surface area contributed by atoms with Gasteiger partial charge in [0.1, 0.15) is 5.01 Å². The van der Waals surface area contributed by atoms with E-state index in [2.05, 4.69) is 37.4 Å². The number of hydrogen-bond acceptors (Lipinski definition) is 3. The molecule has 20 heavy (non-hydrogen) atoms. The molecule has 1 heterocycles. The lowest BCUT2D eigenvalue weighted by molar-refractivity contribution is 0.301. The van der Waals surface area contributed by atoms with Crippen LogP contribution in [0.2, 0.25) is 0 Å². The summed E-state index contributed by atoms with van der Waals surface area (Å²) in [4.78, 5) is 4.87. The maximum atomic E-state index is 6.59. The van der Waals surface area contributed by atoms with Gasteiger partial charge in [0.25, 0.3) is 0 Å². The summed E-state index contributed by atoms with van der Waals surface area (Å²) in [6.45, 7) is 4.27. The number of benzene rings is 1. The van der Waals surface area contributed by atoms with Crippen LogP contribution >= 0.6 is 11.3 Å². The summed E-state index contributed by atoms with van der Waals surface area (Å²) in [5.74, 6) is 0. The van der Waals surface area contributed by atoms with Crippen molar-refractivity contribution >= 4 is 11.3 Å². The number of aromatic nitrogens is 1. The van der Waals surface area contributed by atoms with E-state index < -0.39 is 0 Å². The minimum absolute atomic E-state index is 0.182. The summed E-state index contributed by atoms with van der Waals surface area (Å²) in [5.41, 5.74) is 11.3. The summed E-state index contributed by atoms with van der Waals surface area (Å²) in [6, 6.07) is 6.54. The molecule has 1 aromatic carbocycles. The molecule has 0 saturated heterocycles. The van der Waals surface area contributed by atoms with Crippen molar-refractivity contribution in [2.24, 2.45) is 5.73 Å². The van der Waals surface area contributed by atoms with Gasteiger partial charge in [0, 0.05) is 10.9 Å². The number of nitrogens with two attached hydrogens (primary N) is 1. The lowest BCUT2D eigenvalue weighted by Gasteiger charge is -2.31. The van der Waals surface area contributed by atoms with Gasteiger partial charge in [-0.3, -0.25) is 0 Å². The average molecular weight is 286 g/mol. The number of thiazole rings is 1. The van der Waals surface area contributed by atoms with Gasteiger partial charge in [-0.1, -0.05) is 37.0 Å². The second-order valence-electron chi connectivity index (χ2n) is 6.07. The highest BCUT2D eigenvalue weighted by molar-refractivity contribution is 7.10. The van der Waals surface area contributed by atoms with Gasteiger partial charge >= 0.3 is 0 Å². The first kappa shape index (κ1) is 13.8. The van der Waals surface area contributed by atoms with Gasteiger partial charge in [-0.15, -0.1) is 11.3 Å². The fourth-order valence-corrected chi connectivity index (χ4v) is 4.03. The van der Waals surface area contributed by atoms with Crippen molar-refractivity contribution in [3.63, 3.8) is 0 Å². The van der Waals surface area contributed by atoms with Crippen molar-refractivity contribution in [1.29, 1.82) is 0 Å². The van der Waals surface area contributed by atoms with Gasteiger partial charge in [-0.2, -0.15) is 0 Å². The molecular formula is C17H22N2S. The zero-order chi connectivity index (χ0) is 14.2. The highest BCUT2D eigenvalue weighted by Crippen LogP contribution is 2.38. The second kappa shape index (κ2) is 5.30. The van der Waals surface area contributed by atoms with Crippen LogP contribution < -0.4 is 5.73 Å². The van der Waals surface area contributed by atoms with Gasteiger partial charge in [0.2, 0.25) is 0 Å². The number of rotatable bonds is 2. The number of aryl methyl sites for hydroxylation is 2. The molecule has 0 bridgehead atoms. The van der Waals surface area contributed by atoms with Crippen LogP contribution in [-0.2, 0) is 5.54 Å². The molecule has 0 atom stereocenters. The van der Waals surface area contributed by atoms with Crippen molar-refractivity contribution in [3.8, 4) is 11.3 Å². The Bertz CT molecular complexity index is 609. The molecule has 0 unspecified atom stereocenters. The van der Waals surface area contributed by atoms with Crippen molar-refractivity contribution in [2.45, 2.75) is 51.5 Å². The van der Waals surface area contributed by atoms with Gasteiger partial charge in [-0.05, 0) is 38.3 Å². The molecule has 0 spiro atoms. The molecule has 1 saturated carbocycles. The zero-order valence-electron chi connectivity index (χ0n) is 12.3. The summed E-state index contributed by atoms with van der Waals surface area (Å²) in [7, 11) is 0. The van der Waals surface area contributed by atoms with E-state index >= 15 is 0 Å². The van der Waals surface area contributed by atoms with E-state index in [4.69, 9.17) is 10.7 Å². The maximum Gasteiger partial charge on any atom is 0.113 e. The third-order valence-electron chi connectivity index (χ3n) is 4.34. The molecule has 3 heteroatoms. The Labute approximate surface area is 125 Å². The van der Waals surface area contributed by atoms with E-state index in [0.29, 0.717) is 0 Å². The van der Waals surface area contributed by atoms with Gasteiger partial charge < -0.3 is 5.73 Å². The van der Waals surface area contributed by atoms with Crippen LogP contribution in [0.4, 0.5) is 0 Å². The molecule has 1 aliphatic carbocycles. The van der Waals surface area contributed by atoms with E-state index in [1.54, 1.807) is 11.3 Å². The second-order valence-corrected chi connectivity index (χ2v) is 6.93. The molecule has 2 nitrogen and oxygen atoms in total. The summed E-state index contributed by atoms with van der Waals surface area (Å²) >= 11 is 1.73. The van der Waals surface area contributed by atoms with Crippen LogP contribution in [0.5, 0.6) is 0 Å². The monoisotopic (exact) mass is 286 g/mol. The van der Waals surface area contributed by atoms with Crippen molar-refractivity contribution in [1.82, 2.24) is 4.98 Å². The molecule has 1 aliphatic rings. The van der Waals surface area contributed by atoms with Gasteiger partial charge in [-0.25, -0.2) is 4.98 Å². The fraction of sp³-hybridized carbons (Fsp3) is 0.471. The normalized spacial score (nSPS) is 18.1. The van der Waals surface area contributed by atoms with Gasteiger partial charge in [0.05, 0.1) is 11.2 Å².